The molecule has 1 unspecified atom stereocenters. The van der Waals surface area contributed by atoms with Gasteiger partial charge in [-0.25, -0.2) is 9.98 Å². The van der Waals surface area contributed by atoms with Gasteiger partial charge in [-0.3, -0.25) is 0 Å². The quantitative estimate of drug-likeness (QED) is 0.477. The molecule has 6 heteroatoms. The first-order valence-corrected chi connectivity index (χ1v) is 7.35. The number of piperidine rings is 1. The number of likely N-dealkylation sites (tertiary alicyclic amines) is 1. The summed E-state index contributed by atoms with van der Waals surface area (Å²) in [5.41, 5.74) is 7.16. The van der Waals surface area contributed by atoms with E-state index >= 15 is 0 Å². The molecule has 2 N–H and O–H groups in total. The van der Waals surface area contributed by atoms with Gasteiger partial charge in [0, 0.05) is 18.0 Å². The molecule has 1 aromatic rings. The highest BCUT2D eigenvalue weighted by molar-refractivity contribution is 14.0. The standard InChI is InChI=1S/C13H22N4S.HI/c1-9-5-4-6-17(8-9)13(14)15-7-12-10(2)16-11(3)18-12;/h9H,4-8H2,1-3H3,(H2,14,15);1H. The van der Waals surface area contributed by atoms with Crippen molar-refractivity contribution < 1.29 is 0 Å². The molecule has 0 radical (unpaired) electrons. The fourth-order valence-corrected chi connectivity index (χ4v) is 3.23. The number of thiazole rings is 1. The number of aryl methyl sites for hydroxylation is 2. The van der Waals surface area contributed by atoms with Crippen LogP contribution in [0.15, 0.2) is 4.99 Å². The fraction of sp³-hybridized carbons (Fsp3) is 0.692. The average molecular weight is 394 g/mol. The Kier molecular flexibility index (Phi) is 6.52. The second kappa shape index (κ2) is 7.42. The molecule has 0 amide bonds. The summed E-state index contributed by atoms with van der Waals surface area (Å²) in [5, 5.41) is 1.10. The van der Waals surface area contributed by atoms with Crippen molar-refractivity contribution in [2.24, 2.45) is 16.6 Å². The largest absolute Gasteiger partial charge is 0.370 e. The highest BCUT2D eigenvalue weighted by Crippen LogP contribution is 2.19. The Labute approximate surface area is 136 Å². The molecule has 1 fully saturated rings. The van der Waals surface area contributed by atoms with Crippen LogP contribution in [0.5, 0.6) is 0 Å². The summed E-state index contributed by atoms with van der Waals surface area (Å²) >= 11 is 1.71. The first-order chi connectivity index (χ1) is 8.56. The third-order valence-corrected chi connectivity index (χ3v) is 4.42. The lowest BCUT2D eigenvalue weighted by Gasteiger charge is -2.31. The van der Waals surface area contributed by atoms with Crippen molar-refractivity contribution in [1.82, 2.24) is 9.88 Å². The molecule has 0 spiro atoms. The summed E-state index contributed by atoms with van der Waals surface area (Å²) in [4.78, 5) is 12.4. The van der Waals surface area contributed by atoms with Crippen molar-refractivity contribution in [2.45, 2.75) is 40.2 Å². The molecule has 19 heavy (non-hydrogen) atoms. The number of guanidine groups is 1. The molecule has 1 atom stereocenters. The minimum absolute atomic E-state index is 0. The van der Waals surface area contributed by atoms with Crippen LogP contribution >= 0.6 is 35.3 Å². The van der Waals surface area contributed by atoms with E-state index in [9.17, 15) is 0 Å². The molecule has 0 saturated carbocycles. The van der Waals surface area contributed by atoms with E-state index < -0.39 is 0 Å². The molecule has 0 aromatic carbocycles. The summed E-state index contributed by atoms with van der Waals surface area (Å²) < 4.78 is 0. The van der Waals surface area contributed by atoms with Gasteiger partial charge in [-0.1, -0.05) is 6.92 Å². The minimum Gasteiger partial charge on any atom is -0.370 e. The second-order valence-corrected chi connectivity index (χ2v) is 6.40. The third-order valence-electron chi connectivity index (χ3n) is 3.37. The highest BCUT2D eigenvalue weighted by atomic mass is 127. The van der Waals surface area contributed by atoms with Gasteiger partial charge in [-0.15, -0.1) is 35.3 Å². The number of aromatic nitrogens is 1. The van der Waals surface area contributed by atoms with Gasteiger partial charge < -0.3 is 10.6 Å². The van der Waals surface area contributed by atoms with E-state index in [0.29, 0.717) is 12.5 Å². The number of aliphatic imine (C=N–C) groups is 1. The number of halogens is 1. The van der Waals surface area contributed by atoms with Gasteiger partial charge in [0.1, 0.15) is 0 Å². The lowest BCUT2D eigenvalue weighted by atomic mass is 10.0. The maximum absolute atomic E-state index is 6.08. The Balaban J connectivity index is 0.00000180. The molecule has 1 aliphatic heterocycles. The van der Waals surface area contributed by atoms with Gasteiger partial charge in [-0.2, -0.15) is 0 Å². The smallest absolute Gasteiger partial charge is 0.191 e. The van der Waals surface area contributed by atoms with Gasteiger partial charge in [0.2, 0.25) is 0 Å². The van der Waals surface area contributed by atoms with E-state index in [4.69, 9.17) is 5.73 Å². The van der Waals surface area contributed by atoms with E-state index in [2.05, 4.69) is 21.8 Å². The zero-order chi connectivity index (χ0) is 13.1. The lowest BCUT2D eigenvalue weighted by Crippen LogP contribution is -2.43. The van der Waals surface area contributed by atoms with Crippen molar-refractivity contribution in [2.75, 3.05) is 13.1 Å². The van der Waals surface area contributed by atoms with E-state index in [0.717, 1.165) is 29.7 Å². The molecule has 4 nitrogen and oxygen atoms in total. The van der Waals surface area contributed by atoms with Gasteiger partial charge >= 0.3 is 0 Å². The van der Waals surface area contributed by atoms with Gasteiger partial charge in [0.25, 0.3) is 0 Å². The van der Waals surface area contributed by atoms with Crippen LogP contribution < -0.4 is 5.73 Å². The zero-order valence-corrected chi connectivity index (χ0v) is 15.0. The van der Waals surface area contributed by atoms with Crippen LogP contribution in [0.1, 0.15) is 35.3 Å². The molecule has 108 valence electrons. The van der Waals surface area contributed by atoms with Gasteiger partial charge in [-0.05, 0) is 32.6 Å². The summed E-state index contributed by atoms with van der Waals surface area (Å²) in [6, 6.07) is 0. The van der Waals surface area contributed by atoms with Crippen molar-refractivity contribution in [1.29, 1.82) is 0 Å². The molecule has 1 saturated heterocycles. The molecule has 1 aromatic heterocycles. The van der Waals surface area contributed by atoms with Gasteiger partial charge in [0.05, 0.1) is 17.2 Å². The Morgan fingerprint density at radius 1 is 1.53 bits per heavy atom. The predicted octanol–water partition coefficient (Wildman–Crippen LogP) is 2.92. The number of hydrogen-bond acceptors (Lipinski definition) is 3. The summed E-state index contributed by atoms with van der Waals surface area (Å²) in [7, 11) is 0. The van der Waals surface area contributed by atoms with Crippen LogP contribution in [0.4, 0.5) is 0 Å². The van der Waals surface area contributed by atoms with Gasteiger partial charge in [0.15, 0.2) is 5.96 Å². The van der Waals surface area contributed by atoms with Crippen LogP contribution in [-0.4, -0.2) is 28.9 Å². The van der Waals surface area contributed by atoms with Crippen LogP contribution in [-0.2, 0) is 6.54 Å². The topological polar surface area (TPSA) is 54.5 Å². The fourth-order valence-electron chi connectivity index (χ4n) is 2.37. The normalized spacial score (nSPS) is 20.3. The number of rotatable bonds is 2. The predicted molar refractivity (Wildman–Crippen MR) is 92.3 cm³/mol. The summed E-state index contributed by atoms with van der Waals surface area (Å²) in [5.74, 6) is 1.41. The summed E-state index contributed by atoms with van der Waals surface area (Å²) in [6.07, 6.45) is 2.52. The third kappa shape index (κ3) is 4.59. The molecule has 2 rings (SSSR count). The Hall–Kier alpha value is -0.370. The Morgan fingerprint density at radius 3 is 2.84 bits per heavy atom. The van der Waals surface area contributed by atoms with E-state index in [-0.39, 0.29) is 24.0 Å². The highest BCUT2D eigenvalue weighted by Gasteiger charge is 2.17. The van der Waals surface area contributed by atoms with Crippen LogP contribution in [0.25, 0.3) is 0 Å². The van der Waals surface area contributed by atoms with Crippen molar-refractivity contribution >= 4 is 41.3 Å². The summed E-state index contributed by atoms with van der Waals surface area (Å²) in [6.45, 7) is 9.08. The van der Waals surface area contributed by atoms with E-state index in [1.807, 2.05) is 13.8 Å². The Bertz CT molecular complexity index is 444. The van der Waals surface area contributed by atoms with E-state index in [1.165, 1.54) is 17.7 Å². The van der Waals surface area contributed by atoms with Crippen molar-refractivity contribution in [3.63, 3.8) is 0 Å². The molecule has 1 aliphatic rings. The number of hydrogen-bond donors (Lipinski definition) is 1. The first kappa shape index (κ1) is 16.7. The number of nitrogens with two attached hydrogens (primary N) is 1. The number of nitrogens with zero attached hydrogens (tertiary/aromatic N) is 3. The molecule has 0 aliphatic carbocycles. The van der Waals surface area contributed by atoms with Crippen molar-refractivity contribution in [3.05, 3.63) is 15.6 Å². The Morgan fingerprint density at radius 2 is 2.26 bits per heavy atom. The maximum atomic E-state index is 6.08. The lowest BCUT2D eigenvalue weighted by molar-refractivity contribution is 0.270. The SMILES string of the molecule is Cc1nc(C)c(CN=C(N)N2CCCC(C)C2)s1.I. The first-order valence-electron chi connectivity index (χ1n) is 6.54. The second-order valence-electron chi connectivity index (χ2n) is 5.11. The van der Waals surface area contributed by atoms with Crippen LogP contribution in [0.3, 0.4) is 0 Å². The monoisotopic (exact) mass is 394 g/mol. The van der Waals surface area contributed by atoms with E-state index in [1.54, 1.807) is 11.3 Å². The van der Waals surface area contributed by atoms with Crippen LogP contribution in [0.2, 0.25) is 0 Å². The maximum Gasteiger partial charge on any atom is 0.191 e. The molecule has 0 bridgehead atoms. The molecular formula is C13H23IN4S. The molecule has 2 heterocycles. The van der Waals surface area contributed by atoms with Crippen LogP contribution in [0, 0.1) is 19.8 Å². The minimum atomic E-state index is 0. The molecular weight excluding hydrogens is 371 g/mol. The zero-order valence-electron chi connectivity index (χ0n) is 11.8. The van der Waals surface area contributed by atoms with Crippen molar-refractivity contribution in [3.8, 4) is 0 Å². The average Bonchev–Trinajstić information content (AvgIpc) is 2.65.